The summed E-state index contributed by atoms with van der Waals surface area (Å²) in [5.74, 6) is -0.984. The Hall–Kier alpha value is -3.44. The van der Waals surface area contributed by atoms with Crippen molar-refractivity contribution in [3.63, 3.8) is 0 Å². The molecule has 0 radical (unpaired) electrons. The van der Waals surface area contributed by atoms with Crippen LogP contribution in [0.2, 0.25) is 5.02 Å². The fraction of sp³-hybridized carbons (Fsp3) is 0.120. The van der Waals surface area contributed by atoms with Crippen molar-refractivity contribution < 1.29 is 13.6 Å². The Bertz CT molecular complexity index is 1430. The zero-order chi connectivity index (χ0) is 21.9. The summed E-state index contributed by atoms with van der Waals surface area (Å²) < 4.78 is 19.7. The molecule has 4 aromatic rings. The van der Waals surface area contributed by atoms with E-state index in [0.29, 0.717) is 16.3 Å². The second-order valence-electron chi connectivity index (χ2n) is 7.71. The molecule has 1 aliphatic rings. The molecule has 1 unspecified atom stereocenters. The van der Waals surface area contributed by atoms with Crippen LogP contribution >= 0.6 is 11.6 Å². The summed E-state index contributed by atoms with van der Waals surface area (Å²) >= 11 is 6.06. The molecule has 5 rings (SSSR count). The predicted molar refractivity (Wildman–Crippen MR) is 118 cm³/mol. The highest BCUT2D eigenvalue weighted by atomic mass is 35.5. The second kappa shape index (κ2) is 7.06. The summed E-state index contributed by atoms with van der Waals surface area (Å²) in [5, 5.41) is 0.645. The fourth-order valence-corrected chi connectivity index (χ4v) is 4.17. The van der Waals surface area contributed by atoms with E-state index in [4.69, 9.17) is 16.0 Å². The lowest BCUT2D eigenvalue weighted by Gasteiger charge is -2.26. The number of nitrogens with zero attached hydrogens (tertiary/aromatic N) is 1. The van der Waals surface area contributed by atoms with Gasteiger partial charge in [0, 0.05) is 10.7 Å². The first kappa shape index (κ1) is 19.5. The molecule has 31 heavy (non-hydrogen) atoms. The van der Waals surface area contributed by atoms with Crippen molar-refractivity contribution in [1.82, 2.24) is 0 Å². The van der Waals surface area contributed by atoms with Crippen molar-refractivity contribution in [3.8, 4) is 0 Å². The molecule has 154 valence electrons. The van der Waals surface area contributed by atoms with E-state index in [1.54, 1.807) is 29.2 Å². The Morgan fingerprint density at radius 1 is 0.935 bits per heavy atom. The lowest BCUT2D eigenvalue weighted by Crippen LogP contribution is -2.29. The maximum atomic E-state index is 13.9. The number of carbonyl (C=O) groups excluding carboxylic acids is 1. The van der Waals surface area contributed by atoms with Crippen LogP contribution in [-0.4, -0.2) is 5.91 Å². The standard InChI is InChI=1S/C25H17ClFNO3/c1-13-3-9-18(11-14(13)2)28-22(15-4-6-16(26)7-5-15)21-23(29)19-12-17(27)8-10-20(19)31-24(21)25(28)30/h3-12,22H,1-2H3. The summed E-state index contributed by atoms with van der Waals surface area (Å²) in [5.41, 5.74) is 3.41. The van der Waals surface area contributed by atoms with Crippen LogP contribution < -0.4 is 10.3 Å². The average Bonchev–Trinajstić information content (AvgIpc) is 3.04. The van der Waals surface area contributed by atoms with Gasteiger partial charge in [-0.25, -0.2) is 4.39 Å². The number of carbonyl (C=O) groups is 1. The molecular weight excluding hydrogens is 417 g/mol. The van der Waals surface area contributed by atoms with Crippen LogP contribution in [0.4, 0.5) is 10.1 Å². The van der Waals surface area contributed by atoms with Crippen molar-refractivity contribution in [2.75, 3.05) is 4.90 Å². The zero-order valence-corrected chi connectivity index (χ0v) is 17.5. The number of halogens is 2. The molecule has 1 amide bonds. The van der Waals surface area contributed by atoms with Crippen molar-refractivity contribution in [1.29, 1.82) is 0 Å². The monoisotopic (exact) mass is 433 g/mol. The van der Waals surface area contributed by atoms with Gasteiger partial charge in [-0.1, -0.05) is 29.8 Å². The lowest BCUT2D eigenvalue weighted by molar-refractivity contribution is 0.0971. The number of hydrogen-bond acceptors (Lipinski definition) is 3. The Morgan fingerprint density at radius 2 is 1.68 bits per heavy atom. The van der Waals surface area contributed by atoms with Crippen LogP contribution in [0.25, 0.3) is 11.0 Å². The van der Waals surface area contributed by atoms with E-state index < -0.39 is 23.2 Å². The molecule has 6 heteroatoms. The molecule has 0 spiro atoms. The number of anilines is 1. The number of fused-ring (bicyclic) bond motifs is 2. The molecule has 1 atom stereocenters. The second-order valence-corrected chi connectivity index (χ2v) is 8.15. The van der Waals surface area contributed by atoms with Gasteiger partial charge >= 0.3 is 0 Å². The number of aryl methyl sites for hydroxylation is 2. The van der Waals surface area contributed by atoms with Gasteiger partial charge in [-0.05, 0) is 73.0 Å². The maximum Gasteiger partial charge on any atom is 0.295 e. The Balaban J connectivity index is 1.82. The summed E-state index contributed by atoms with van der Waals surface area (Å²) in [6.07, 6.45) is 0. The minimum atomic E-state index is -0.717. The first-order valence-corrected chi connectivity index (χ1v) is 10.2. The highest BCUT2D eigenvalue weighted by Gasteiger charge is 2.43. The molecule has 2 heterocycles. The topological polar surface area (TPSA) is 50.5 Å². The third-order valence-corrected chi connectivity index (χ3v) is 6.04. The Kier molecular flexibility index (Phi) is 4.45. The molecular formula is C25H17ClFNO3. The van der Waals surface area contributed by atoms with E-state index in [2.05, 4.69) is 0 Å². The number of hydrogen-bond donors (Lipinski definition) is 0. The molecule has 1 aromatic heterocycles. The maximum absolute atomic E-state index is 13.9. The van der Waals surface area contributed by atoms with E-state index >= 15 is 0 Å². The van der Waals surface area contributed by atoms with Gasteiger partial charge in [-0.2, -0.15) is 0 Å². The SMILES string of the molecule is Cc1ccc(N2C(=O)c3oc4ccc(F)cc4c(=O)c3C2c2ccc(Cl)cc2)cc1C. The Labute approximate surface area is 182 Å². The average molecular weight is 434 g/mol. The normalized spacial score (nSPS) is 15.5. The zero-order valence-electron chi connectivity index (χ0n) is 16.8. The highest BCUT2D eigenvalue weighted by molar-refractivity contribution is 6.30. The molecule has 0 bridgehead atoms. The van der Waals surface area contributed by atoms with Crippen LogP contribution in [-0.2, 0) is 0 Å². The summed E-state index contributed by atoms with van der Waals surface area (Å²) in [6.45, 7) is 3.95. The number of amides is 1. The van der Waals surface area contributed by atoms with E-state index in [1.807, 2.05) is 32.0 Å². The minimum absolute atomic E-state index is 0.0257. The fourth-order valence-electron chi connectivity index (χ4n) is 4.05. The van der Waals surface area contributed by atoms with Crippen LogP contribution in [0.15, 0.2) is 69.9 Å². The summed E-state index contributed by atoms with van der Waals surface area (Å²) in [7, 11) is 0. The molecule has 0 aliphatic carbocycles. The molecule has 0 saturated carbocycles. The van der Waals surface area contributed by atoms with Gasteiger partial charge in [0.25, 0.3) is 5.91 Å². The molecule has 4 nitrogen and oxygen atoms in total. The van der Waals surface area contributed by atoms with Gasteiger partial charge in [0.05, 0.1) is 17.0 Å². The third-order valence-electron chi connectivity index (χ3n) is 5.79. The van der Waals surface area contributed by atoms with Gasteiger partial charge in [0.15, 0.2) is 5.43 Å². The first-order valence-electron chi connectivity index (χ1n) is 9.77. The van der Waals surface area contributed by atoms with Crippen LogP contribution in [0.5, 0.6) is 0 Å². The lowest BCUT2D eigenvalue weighted by atomic mass is 9.98. The summed E-state index contributed by atoms with van der Waals surface area (Å²) in [4.78, 5) is 28.5. The molecule has 0 fully saturated rings. The van der Waals surface area contributed by atoms with E-state index in [9.17, 15) is 14.0 Å². The van der Waals surface area contributed by atoms with Crippen molar-refractivity contribution >= 4 is 34.2 Å². The molecule has 1 aliphatic heterocycles. The number of rotatable bonds is 2. The van der Waals surface area contributed by atoms with Crippen LogP contribution in [0, 0.1) is 19.7 Å². The van der Waals surface area contributed by atoms with Crippen LogP contribution in [0.1, 0.15) is 38.9 Å². The van der Waals surface area contributed by atoms with Gasteiger partial charge in [-0.3, -0.25) is 14.5 Å². The van der Waals surface area contributed by atoms with Crippen molar-refractivity contribution in [2.45, 2.75) is 19.9 Å². The van der Waals surface area contributed by atoms with Crippen molar-refractivity contribution in [3.05, 3.63) is 110 Å². The minimum Gasteiger partial charge on any atom is -0.450 e. The van der Waals surface area contributed by atoms with Crippen molar-refractivity contribution in [2.24, 2.45) is 0 Å². The summed E-state index contributed by atoms with van der Waals surface area (Å²) in [6, 6.07) is 15.7. The first-order chi connectivity index (χ1) is 14.8. The van der Waals surface area contributed by atoms with Gasteiger partial charge < -0.3 is 4.42 Å². The Morgan fingerprint density at radius 3 is 2.39 bits per heavy atom. The number of benzene rings is 3. The van der Waals surface area contributed by atoms with Crippen LogP contribution in [0.3, 0.4) is 0 Å². The molecule has 3 aromatic carbocycles. The van der Waals surface area contributed by atoms with Gasteiger partial charge in [0.2, 0.25) is 5.76 Å². The van der Waals surface area contributed by atoms with E-state index in [0.717, 1.165) is 17.2 Å². The highest BCUT2D eigenvalue weighted by Crippen LogP contribution is 2.41. The van der Waals surface area contributed by atoms with Gasteiger partial charge in [0.1, 0.15) is 11.4 Å². The van der Waals surface area contributed by atoms with E-state index in [-0.39, 0.29) is 22.3 Å². The molecule has 0 saturated heterocycles. The van der Waals surface area contributed by atoms with Gasteiger partial charge in [-0.15, -0.1) is 0 Å². The largest absolute Gasteiger partial charge is 0.450 e. The predicted octanol–water partition coefficient (Wildman–Crippen LogP) is 5.95. The smallest absolute Gasteiger partial charge is 0.295 e. The van der Waals surface area contributed by atoms with E-state index in [1.165, 1.54) is 12.1 Å². The quantitative estimate of drug-likeness (QED) is 0.392. The third kappa shape index (κ3) is 3.04. The molecule has 0 N–H and O–H groups in total.